The highest BCUT2D eigenvalue weighted by molar-refractivity contribution is 6.02. The van der Waals surface area contributed by atoms with Crippen molar-refractivity contribution in [1.29, 1.82) is 0 Å². The molecular formula is C24H24N2O. The number of rotatable bonds is 5. The van der Waals surface area contributed by atoms with Crippen molar-refractivity contribution in [2.75, 3.05) is 11.9 Å². The molecule has 0 aliphatic carbocycles. The highest BCUT2D eigenvalue weighted by Crippen LogP contribution is 2.40. The van der Waals surface area contributed by atoms with E-state index in [0.29, 0.717) is 6.54 Å². The van der Waals surface area contributed by atoms with E-state index >= 15 is 0 Å². The van der Waals surface area contributed by atoms with Gasteiger partial charge < -0.3 is 10.2 Å². The van der Waals surface area contributed by atoms with Gasteiger partial charge in [0, 0.05) is 12.2 Å². The molecule has 136 valence electrons. The summed E-state index contributed by atoms with van der Waals surface area (Å²) in [5.74, 6) is 0.0889. The molecule has 1 aliphatic heterocycles. The molecule has 0 fully saturated rings. The molecule has 1 amide bonds. The van der Waals surface area contributed by atoms with Crippen molar-refractivity contribution in [1.82, 2.24) is 4.90 Å². The molecule has 1 heterocycles. The van der Waals surface area contributed by atoms with E-state index in [0.717, 1.165) is 29.7 Å². The van der Waals surface area contributed by atoms with Gasteiger partial charge in [-0.05, 0) is 36.1 Å². The number of para-hydroxylation sites is 1. The molecule has 3 nitrogen and oxygen atoms in total. The number of fused-ring (bicyclic) bond motifs is 1. The van der Waals surface area contributed by atoms with Gasteiger partial charge >= 0.3 is 0 Å². The molecule has 0 saturated carbocycles. The second-order valence-corrected chi connectivity index (χ2v) is 6.94. The van der Waals surface area contributed by atoms with Gasteiger partial charge in [-0.2, -0.15) is 0 Å². The summed E-state index contributed by atoms with van der Waals surface area (Å²) >= 11 is 0. The molecule has 0 bridgehead atoms. The van der Waals surface area contributed by atoms with Crippen molar-refractivity contribution in [2.24, 2.45) is 0 Å². The molecule has 3 heteroatoms. The minimum absolute atomic E-state index is 0.0889. The Kier molecular flexibility index (Phi) is 4.68. The number of hydrogen-bond donors (Lipinski definition) is 1. The lowest BCUT2D eigenvalue weighted by atomic mass is 9.89. The van der Waals surface area contributed by atoms with Gasteiger partial charge in [0.15, 0.2) is 0 Å². The van der Waals surface area contributed by atoms with Crippen LogP contribution in [0.5, 0.6) is 0 Å². The quantitative estimate of drug-likeness (QED) is 0.693. The zero-order valence-corrected chi connectivity index (χ0v) is 15.6. The Morgan fingerprint density at radius 2 is 1.48 bits per heavy atom. The van der Waals surface area contributed by atoms with Crippen LogP contribution in [0.4, 0.5) is 5.69 Å². The molecule has 0 spiro atoms. The highest BCUT2D eigenvalue weighted by atomic mass is 16.2. The van der Waals surface area contributed by atoms with Gasteiger partial charge in [-0.3, -0.25) is 4.79 Å². The lowest BCUT2D eigenvalue weighted by Crippen LogP contribution is -2.57. The molecule has 0 radical (unpaired) electrons. The monoisotopic (exact) mass is 356 g/mol. The molecule has 4 rings (SSSR count). The maximum atomic E-state index is 13.5. The fraction of sp³-hybridized carbons (Fsp3) is 0.208. The summed E-state index contributed by atoms with van der Waals surface area (Å²) in [7, 11) is 0. The third-order valence-corrected chi connectivity index (χ3v) is 5.43. The first-order chi connectivity index (χ1) is 13.2. The second kappa shape index (κ2) is 7.28. The number of nitrogens with one attached hydrogen (secondary N) is 1. The number of carbonyl (C=O) groups excluding carboxylic acids is 1. The van der Waals surface area contributed by atoms with Gasteiger partial charge in [0.2, 0.25) is 0 Å². The van der Waals surface area contributed by atoms with E-state index in [1.54, 1.807) is 0 Å². The summed E-state index contributed by atoms with van der Waals surface area (Å²) in [6.45, 7) is 2.80. The predicted molar refractivity (Wildman–Crippen MR) is 110 cm³/mol. The number of amides is 1. The van der Waals surface area contributed by atoms with Crippen molar-refractivity contribution < 1.29 is 4.79 Å². The van der Waals surface area contributed by atoms with Crippen LogP contribution >= 0.6 is 0 Å². The Morgan fingerprint density at radius 3 is 2.19 bits per heavy atom. The molecule has 1 aliphatic rings. The first-order valence-corrected chi connectivity index (χ1v) is 9.53. The van der Waals surface area contributed by atoms with Crippen molar-refractivity contribution in [3.05, 3.63) is 102 Å². The summed E-state index contributed by atoms with van der Waals surface area (Å²) in [5.41, 5.74) is 3.46. The topological polar surface area (TPSA) is 32.3 Å². The molecule has 27 heavy (non-hydrogen) atoms. The number of hydrogen-bond acceptors (Lipinski definition) is 2. The molecular weight excluding hydrogens is 332 g/mol. The fourth-order valence-electron chi connectivity index (χ4n) is 3.99. The molecule has 0 saturated heterocycles. The van der Waals surface area contributed by atoms with Crippen LogP contribution in [0.3, 0.4) is 0 Å². The van der Waals surface area contributed by atoms with E-state index in [1.807, 2.05) is 65.6 Å². The van der Waals surface area contributed by atoms with Crippen LogP contribution < -0.4 is 5.32 Å². The minimum Gasteiger partial charge on any atom is -0.358 e. The summed E-state index contributed by atoms with van der Waals surface area (Å²) in [6.07, 6.45) is 1.61. The van der Waals surface area contributed by atoms with E-state index in [1.165, 1.54) is 5.56 Å². The largest absolute Gasteiger partial charge is 0.358 e. The van der Waals surface area contributed by atoms with Gasteiger partial charge in [0.1, 0.15) is 5.66 Å². The van der Waals surface area contributed by atoms with E-state index in [9.17, 15) is 4.79 Å². The van der Waals surface area contributed by atoms with E-state index in [-0.39, 0.29) is 5.91 Å². The van der Waals surface area contributed by atoms with Gasteiger partial charge in [-0.1, -0.05) is 79.7 Å². The lowest BCUT2D eigenvalue weighted by molar-refractivity contribution is 0.0487. The smallest absolute Gasteiger partial charge is 0.258 e. The van der Waals surface area contributed by atoms with E-state index < -0.39 is 5.66 Å². The molecule has 3 aromatic carbocycles. The lowest BCUT2D eigenvalue weighted by Gasteiger charge is -2.48. The first-order valence-electron chi connectivity index (χ1n) is 9.53. The maximum Gasteiger partial charge on any atom is 0.258 e. The number of anilines is 1. The minimum atomic E-state index is -0.540. The van der Waals surface area contributed by atoms with Crippen LogP contribution in [-0.2, 0) is 12.1 Å². The van der Waals surface area contributed by atoms with Crippen molar-refractivity contribution in [2.45, 2.75) is 25.4 Å². The van der Waals surface area contributed by atoms with Gasteiger partial charge in [-0.25, -0.2) is 0 Å². The summed E-state index contributed by atoms with van der Waals surface area (Å²) in [6, 6.07) is 28.4. The molecule has 3 aromatic rings. The van der Waals surface area contributed by atoms with Crippen LogP contribution in [0.1, 0.15) is 34.8 Å². The predicted octanol–water partition coefficient (Wildman–Crippen LogP) is 5.06. The molecule has 1 unspecified atom stereocenters. The third kappa shape index (κ3) is 3.10. The maximum absolute atomic E-state index is 13.5. The van der Waals surface area contributed by atoms with E-state index in [2.05, 4.69) is 36.5 Å². The van der Waals surface area contributed by atoms with E-state index in [4.69, 9.17) is 0 Å². The summed E-state index contributed by atoms with van der Waals surface area (Å²) in [5, 5.41) is 3.70. The number of carbonyl (C=O) groups is 1. The molecule has 1 N–H and O–H groups in total. The Bertz CT molecular complexity index is 923. The van der Waals surface area contributed by atoms with Crippen LogP contribution in [-0.4, -0.2) is 17.4 Å². The highest BCUT2D eigenvalue weighted by Gasteiger charge is 2.44. The van der Waals surface area contributed by atoms with Crippen LogP contribution in [0, 0.1) is 0 Å². The zero-order chi connectivity index (χ0) is 18.7. The van der Waals surface area contributed by atoms with Crippen molar-refractivity contribution in [3.63, 3.8) is 0 Å². The van der Waals surface area contributed by atoms with Gasteiger partial charge in [0.25, 0.3) is 5.91 Å². The third-order valence-electron chi connectivity index (χ3n) is 5.43. The average Bonchev–Trinajstić information content (AvgIpc) is 2.74. The molecule has 0 aromatic heterocycles. The van der Waals surface area contributed by atoms with Crippen LogP contribution in [0.15, 0.2) is 84.9 Å². The molecule has 1 atom stereocenters. The Hall–Kier alpha value is -3.07. The number of benzene rings is 3. The van der Waals surface area contributed by atoms with Crippen molar-refractivity contribution in [3.8, 4) is 0 Å². The van der Waals surface area contributed by atoms with Gasteiger partial charge in [-0.15, -0.1) is 0 Å². The van der Waals surface area contributed by atoms with Crippen LogP contribution in [0.2, 0.25) is 0 Å². The average molecular weight is 356 g/mol. The Morgan fingerprint density at radius 1 is 0.852 bits per heavy atom. The summed E-state index contributed by atoms with van der Waals surface area (Å²) < 4.78 is 0. The summed E-state index contributed by atoms with van der Waals surface area (Å²) in [4.78, 5) is 15.5. The Balaban J connectivity index is 1.77. The zero-order valence-electron chi connectivity index (χ0n) is 15.6. The van der Waals surface area contributed by atoms with Gasteiger partial charge in [0.05, 0.1) is 5.56 Å². The number of nitrogens with zero attached hydrogens (tertiary/aromatic N) is 1. The first kappa shape index (κ1) is 17.3. The fourth-order valence-corrected chi connectivity index (χ4v) is 3.99. The van der Waals surface area contributed by atoms with Crippen molar-refractivity contribution >= 4 is 11.6 Å². The van der Waals surface area contributed by atoms with Crippen LogP contribution in [0.25, 0.3) is 0 Å². The SMILES string of the molecule is CCC1(c2ccccc2)Nc2ccccc2C(=O)N1CCc1ccccc1. The normalized spacial score (nSPS) is 18.7. The standard InChI is InChI=1S/C24H24N2O/c1-2-24(20-13-7-4-8-14-20)25-22-16-10-9-15-21(22)23(27)26(24)18-17-19-11-5-3-6-12-19/h3-16,25H,2,17-18H2,1H3. The second-order valence-electron chi connectivity index (χ2n) is 6.94. The Labute approximate surface area is 160 Å².